The van der Waals surface area contributed by atoms with E-state index in [0.717, 1.165) is 28.0 Å². The van der Waals surface area contributed by atoms with Crippen LogP contribution >= 0.6 is 28.3 Å². The zero-order valence-corrected chi connectivity index (χ0v) is 11.2. The van der Waals surface area contributed by atoms with Gasteiger partial charge in [-0.05, 0) is 30.7 Å². The molecule has 3 nitrogen and oxygen atoms in total. The van der Waals surface area contributed by atoms with E-state index in [-0.39, 0.29) is 12.4 Å². The Hall–Kier alpha value is -0.450. The normalized spacial score (nSPS) is 9.33. The lowest BCUT2D eigenvalue weighted by atomic mass is 10.1. The van der Waals surface area contributed by atoms with Gasteiger partial charge in [0.2, 0.25) is 0 Å². The van der Waals surface area contributed by atoms with E-state index in [1.807, 2.05) is 12.1 Å². The first kappa shape index (κ1) is 14.6. The maximum Gasteiger partial charge on any atom is 0.161 e. The van der Waals surface area contributed by atoms with Gasteiger partial charge in [0.1, 0.15) is 0 Å². The maximum atomic E-state index is 5.50. The summed E-state index contributed by atoms with van der Waals surface area (Å²) < 4.78 is 11.4. The lowest BCUT2D eigenvalue weighted by Crippen LogP contribution is -2.04. The molecule has 0 saturated carbocycles. The molecule has 15 heavy (non-hydrogen) atoms. The van der Waals surface area contributed by atoms with Crippen molar-refractivity contribution in [2.24, 2.45) is 5.73 Å². The fraction of sp³-hybridized carbons (Fsp3) is 0.400. The zero-order chi connectivity index (χ0) is 10.6. The van der Waals surface area contributed by atoms with Crippen molar-refractivity contribution in [2.75, 3.05) is 20.8 Å². The van der Waals surface area contributed by atoms with Gasteiger partial charge in [0, 0.05) is 4.47 Å². The molecule has 0 bridgehead atoms. The highest BCUT2D eigenvalue weighted by Gasteiger charge is 2.08. The van der Waals surface area contributed by atoms with Crippen LogP contribution in [0.25, 0.3) is 0 Å². The Morgan fingerprint density at radius 3 is 2.20 bits per heavy atom. The largest absolute Gasteiger partial charge is 0.493 e. The molecule has 1 aromatic rings. The first-order valence-electron chi connectivity index (χ1n) is 4.33. The minimum absolute atomic E-state index is 0. The van der Waals surface area contributed by atoms with Crippen LogP contribution in [-0.2, 0) is 6.42 Å². The minimum Gasteiger partial charge on any atom is -0.493 e. The van der Waals surface area contributed by atoms with E-state index >= 15 is 0 Å². The first-order valence-corrected chi connectivity index (χ1v) is 5.12. The second-order valence-electron chi connectivity index (χ2n) is 2.84. The van der Waals surface area contributed by atoms with Gasteiger partial charge in [-0.15, -0.1) is 12.4 Å². The summed E-state index contributed by atoms with van der Waals surface area (Å²) in [6.07, 6.45) is 0.820. The van der Waals surface area contributed by atoms with Gasteiger partial charge >= 0.3 is 0 Å². The number of nitrogens with two attached hydrogens (primary N) is 1. The number of halogens is 2. The van der Waals surface area contributed by atoms with E-state index in [9.17, 15) is 0 Å². The number of rotatable bonds is 4. The molecule has 1 rings (SSSR count). The van der Waals surface area contributed by atoms with Crippen molar-refractivity contribution >= 4 is 28.3 Å². The molecule has 0 aliphatic carbocycles. The van der Waals surface area contributed by atoms with Crippen molar-refractivity contribution in [2.45, 2.75) is 6.42 Å². The molecule has 86 valence electrons. The van der Waals surface area contributed by atoms with Crippen LogP contribution < -0.4 is 15.2 Å². The van der Waals surface area contributed by atoms with E-state index in [1.54, 1.807) is 14.2 Å². The highest BCUT2D eigenvalue weighted by atomic mass is 79.9. The molecule has 0 aliphatic heterocycles. The third-order valence-corrected chi connectivity index (χ3v) is 2.70. The number of ether oxygens (including phenoxy) is 2. The van der Waals surface area contributed by atoms with Crippen LogP contribution in [0.5, 0.6) is 11.5 Å². The molecule has 5 heteroatoms. The van der Waals surface area contributed by atoms with Crippen molar-refractivity contribution in [1.82, 2.24) is 0 Å². The van der Waals surface area contributed by atoms with Crippen LogP contribution in [-0.4, -0.2) is 20.8 Å². The van der Waals surface area contributed by atoms with Crippen LogP contribution in [0.15, 0.2) is 16.6 Å². The monoisotopic (exact) mass is 295 g/mol. The number of benzene rings is 1. The third kappa shape index (κ3) is 3.55. The Morgan fingerprint density at radius 2 is 1.73 bits per heavy atom. The van der Waals surface area contributed by atoms with Crippen LogP contribution in [0.1, 0.15) is 5.56 Å². The standard InChI is InChI=1S/C10H14BrNO2.ClH/c1-13-9-5-7(3-4-12)8(11)6-10(9)14-2;/h5-6H,3-4,12H2,1-2H3;1H. The molecule has 0 aromatic heterocycles. The summed E-state index contributed by atoms with van der Waals surface area (Å²) in [7, 11) is 3.24. The summed E-state index contributed by atoms with van der Waals surface area (Å²) in [5.41, 5.74) is 6.63. The predicted octanol–water partition coefficient (Wildman–Crippen LogP) is 2.39. The molecule has 0 fully saturated rings. The Balaban J connectivity index is 0.00000196. The lowest BCUT2D eigenvalue weighted by molar-refractivity contribution is 0.354. The summed E-state index contributed by atoms with van der Waals surface area (Å²) in [5.74, 6) is 1.46. The quantitative estimate of drug-likeness (QED) is 0.928. The molecule has 0 unspecified atom stereocenters. The van der Waals surface area contributed by atoms with Crippen molar-refractivity contribution < 1.29 is 9.47 Å². The predicted molar refractivity (Wildman–Crippen MR) is 67.3 cm³/mol. The molecule has 0 amide bonds. The van der Waals surface area contributed by atoms with Crippen molar-refractivity contribution in [1.29, 1.82) is 0 Å². The van der Waals surface area contributed by atoms with Gasteiger partial charge in [-0.2, -0.15) is 0 Å². The van der Waals surface area contributed by atoms with E-state index < -0.39 is 0 Å². The SMILES string of the molecule is COc1cc(Br)c(CCN)cc1OC.Cl. The summed E-state index contributed by atoms with van der Waals surface area (Å²) >= 11 is 3.46. The van der Waals surface area contributed by atoms with Crippen molar-refractivity contribution in [3.63, 3.8) is 0 Å². The van der Waals surface area contributed by atoms with Gasteiger partial charge in [0.15, 0.2) is 11.5 Å². The molecule has 1 aromatic carbocycles. The Bertz CT molecular complexity index is 321. The Morgan fingerprint density at radius 1 is 1.20 bits per heavy atom. The second-order valence-corrected chi connectivity index (χ2v) is 3.69. The van der Waals surface area contributed by atoms with Gasteiger partial charge < -0.3 is 15.2 Å². The summed E-state index contributed by atoms with van der Waals surface area (Å²) in [4.78, 5) is 0. The molecule has 0 saturated heterocycles. The van der Waals surface area contributed by atoms with Crippen molar-refractivity contribution in [3.05, 3.63) is 22.2 Å². The number of methoxy groups -OCH3 is 2. The van der Waals surface area contributed by atoms with Crippen molar-refractivity contribution in [3.8, 4) is 11.5 Å². The molecule has 0 heterocycles. The summed E-state index contributed by atoms with van der Waals surface area (Å²) in [6, 6.07) is 3.83. The highest BCUT2D eigenvalue weighted by molar-refractivity contribution is 9.10. The third-order valence-electron chi connectivity index (χ3n) is 1.97. The van der Waals surface area contributed by atoms with Gasteiger partial charge in [-0.1, -0.05) is 15.9 Å². The molecule has 0 aliphatic rings. The van der Waals surface area contributed by atoms with E-state index in [0.29, 0.717) is 6.54 Å². The van der Waals surface area contributed by atoms with Gasteiger partial charge in [0.05, 0.1) is 14.2 Å². The molecular formula is C10H15BrClNO2. The molecule has 2 N–H and O–H groups in total. The van der Waals surface area contributed by atoms with Crippen LogP contribution in [0.4, 0.5) is 0 Å². The molecular weight excluding hydrogens is 281 g/mol. The van der Waals surface area contributed by atoms with Gasteiger partial charge in [0.25, 0.3) is 0 Å². The molecule has 0 radical (unpaired) electrons. The topological polar surface area (TPSA) is 44.5 Å². The minimum atomic E-state index is 0. The zero-order valence-electron chi connectivity index (χ0n) is 8.75. The van der Waals surface area contributed by atoms with Gasteiger partial charge in [-0.3, -0.25) is 0 Å². The summed E-state index contributed by atoms with van der Waals surface area (Å²) in [6.45, 7) is 0.619. The van der Waals surface area contributed by atoms with E-state index in [4.69, 9.17) is 15.2 Å². The highest BCUT2D eigenvalue weighted by Crippen LogP contribution is 2.33. The summed E-state index contributed by atoms with van der Waals surface area (Å²) in [5, 5.41) is 0. The van der Waals surface area contributed by atoms with Gasteiger partial charge in [-0.25, -0.2) is 0 Å². The number of hydrogen-bond acceptors (Lipinski definition) is 3. The van der Waals surface area contributed by atoms with Crippen LogP contribution in [0.2, 0.25) is 0 Å². The fourth-order valence-electron chi connectivity index (χ4n) is 1.24. The van der Waals surface area contributed by atoms with E-state index in [2.05, 4.69) is 15.9 Å². The lowest BCUT2D eigenvalue weighted by Gasteiger charge is -2.11. The maximum absolute atomic E-state index is 5.50. The molecule has 0 atom stereocenters. The average molecular weight is 297 g/mol. The molecule has 0 spiro atoms. The first-order chi connectivity index (χ1) is 6.72. The Labute approximate surface area is 104 Å². The second kappa shape index (κ2) is 6.93. The number of hydrogen-bond donors (Lipinski definition) is 1. The van der Waals surface area contributed by atoms with E-state index in [1.165, 1.54) is 0 Å². The van der Waals surface area contributed by atoms with Crippen LogP contribution in [0.3, 0.4) is 0 Å². The van der Waals surface area contributed by atoms with Crippen LogP contribution in [0, 0.1) is 0 Å². The average Bonchev–Trinajstić information content (AvgIpc) is 2.20. The smallest absolute Gasteiger partial charge is 0.161 e. The fourth-order valence-corrected chi connectivity index (χ4v) is 1.76. The Kier molecular flexibility index (Phi) is 6.72.